The summed E-state index contributed by atoms with van der Waals surface area (Å²) in [6.07, 6.45) is 4.33. The number of nitrogens with zero attached hydrogens (tertiary/aromatic N) is 1. The number of carbonyl (C=O) groups excluding carboxylic acids is 1. The first kappa shape index (κ1) is 13.8. The zero-order chi connectivity index (χ0) is 12.2. The zero-order valence-corrected chi connectivity index (χ0v) is 11.7. The minimum Gasteiger partial charge on any atom is -0.343 e. The van der Waals surface area contributed by atoms with E-state index in [1.807, 2.05) is 16.7 Å². The van der Waals surface area contributed by atoms with Crippen molar-refractivity contribution in [1.82, 2.24) is 10.2 Å². The van der Waals surface area contributed by atoms with Gasteiger partial charge in [0.05, 0.1) is 0 Å². The van der Waals surface area contributed by atoms with Gasteiger partial charge < -0.3 is 10.2 Å². The first-order valence-corrected chi connectivity index (χ1v) is 7.21. The molecule has 0 bridgehead atoms. The van der Waals surface area contributed by atoms with Gasteiger partial charge in [0.15, 0.2) is 0 Å². The van der Waals surface area contributed by atoms with Crippen LogP contribution in [0.4, 0.5) is 0 Å². The topological polar surface area (TPSA) is 32.3 Å². The largest absolute Gasteiger partial charge is 0.343 e. The fraction of sp³-hybridized carbons (Fsp3) is 0.917. The average molecular weight is 244 g/mol. The number of piperidine rings is 1. The molecule has 1 fully saturated rings. The number of nitrogens with one attached hydrogen (secondary N) is 1. The van der Waals surface area contributed by atoms with E-state index < -0.39 is 0 Å². The zero-order valence-electron chi connectivity index (χ0n) is 10.9. The quantitative estimate of drug-likeness (QED) is 0.817. The van der Waals surface area contributed by atoms with Crippen LogP contribution in [-0.2, 0) is 4.79 Å². The maximum Gasteiger partial charge on any atom is 0.219 e. The Hall–Kier alpha value is -0.220. The van der Waals surface area contributed by atoms with E-state index in [0.717, 1.165) is 32.5 Å². The van der Waals surface area contributed by atoms with Gasteiger partial charge in [-0.25, -0.2) is 0 Å². The van der Waals surface area contributed by atoms with Gasteiger partial charge in [0, 0.05) is 37.3 Å². The van der Waals surface area contributed by atoms with Crippen molar-refractivity contribution < 1.29 is 4.79 Å². The maximum absolute atomic E-state index is 11.2. The van der Waals surface area contributed by atoms with Gasteiger partial charge in [-0.1, -0.05) is 0 Å². The van der Waals surface area contributed by atoms with Crippen molar-refractivity contribution in [3.8, 4) is 0 Å². The van der Waals surface area contributed by atoms with Gasteiger partial charge in [0.25, 0.3) is 0 Å². The molecule has 0 aromatic heterocycles. The van der Waals surface area contributed by atoms with Crippen LogP contribution in [0.2, 0.25) is 0 Å². The number of thioether (sulfide) groups is 1. The fourth-order valence-electron chi connectivity index (χ4n) is 1.86. The lowest BCUT2D eigenvalue weighted by atomic mass is 10.0. The monoisotopic (exact) mass is 244 g/mol. The van der Waals surface area contributed by atoms with Crippen molar-refractivity contribution in [2.45, 2.75) is 44.4 Å². The molecule has 1 rings (SSSR count). The van der Waals surface area contributed by atoms with Gasteiger partial charge in [-0.05, 0) is 32.9 Å². The normalized spacial score (nSPS) is 18.9. The second-order valence-electron chi connectivity index (χ2n) is 5.13. The Bertz CT molecular complexity index is 235. The third-order valence-electron chi connectivity index (χ3n) is 3.31. The first-order valence-electron chi connectivity index (χ1n) is 5.98. The van der Waals surface area contributed by atoms with Crippen molar-refractivity contribution in [1.29, 1.82) is 0 Å². The molecule has 1 amide bonds. The highest BCUT2D eigenvalue weighted by Gasteiger charge is 2.23. The molecule has 1 saturated heterocycles. The molecular weight excluding hydrogens is 220 g/mol. The molecule has 0 saturated carbocycles. The van der Waals surface area contributed by atoms with Crippen molar-refractivity contribution in [2.24, 2.45) is 0 Å². The summed E-state index contributed by atoms with van der Waals surface area (Å²) >= 11 is 1.89. The molecule has 0 spiro atoms. The van der Waals surface area contributed by atoms with Crippen LogP contribution in [0.1, 0.15) is 33.6 Å². The standard InChI is InChI=1S/C12H24N2OS/c1-10(15)14-7-5-11(6-8-14)13-9-12(2,3)16-4/h11,13H,5-9H2,1-4H3. The molecule has 1 heterocycles. The van der Waals surface area contributed by atoms with Gasteiger partial charge in [-0.15, -0.1) is 0 Å². The van der Waals surface area contributed by atoms with Crippen LogP contribution in [0.5, 0.6) is 0 Å². The highest BCUT2D eigenvalue weighted by Crippen LogP contribution is 2.20. The van der Waals surface area contributed by atoms with Crippen molar-refractivity contribution in [2.75, 3.05) is 25.9 Å². The Morgan fingerprint density at radius 1 is 1.44 bits per heavy atom. The number of hydrogen-bond donors (Lipinski definition) is 1. The molecule has 0 aliphatic carbocycles. The van der Waals surface area contributed by atoms with E-state index in [-0.39, 0.29) is 5.91 Å². The summed E-state index contributed by atoms with van der Waals surface area (Å²) in [5.41, 5.74) is 0. The molecule has 94 valence electrons. The van der Waals surface area contributed by atoms with Crippen LogP contribution in [-0.4, -0.2) is 47.5 Å². The van der Waals surface area contributed by atoms with Gasteiger partial charge in [-0.2, -0.15) is 11.8 Å². The summed E-state index contributed by atoms with van der Waals surface area (Å²) in [5, 5.41) is 3.61. The van der Waals surface area contributed by atoms with Crippen LogP contribution >= 0.6 is 11.8 Å². The molecule has 16 heavy (non-hydrogen) atoms. The van der Waals surface area contributed by atoms with Crippen LogP contribution in [0.3, 0.4) is 0 Å². The highest BCUT2D eigenvalue weighted by atomic mass is 32.2. The van der Waals surface area contributed by atoms with Gasteiger partial charge in [-0.3, -0.25) is 4.79 Å². The van der Waals surface area contributed by atoms with Gasteiger partial charge in [0.1, 0.15) is 0 Å². The Balaban J connectivity index is 2.25. The van der Waals surface area contributed by atoms with E-state index in [4.69, 9.17) is 0 Å². The molecule has 4 heteroatoms. The van der Waals surface area contributed by atoms with E-state index >= 15 is 0 Å². The Morgan fingerprint density at radius 2 is 2.00 bits per heavy atom. The molecular formula is C12H24N2OS. The van der Waals surface area contributed by atoms with Crippen molar-refractivity contribution in [3.63, 3.8) is 0 Å². The van der Waals surface area contributed by atoms with E-state index in [9.17, 15) is 4.79 Å². The summed E-state index contributed by atoms with van der Waals surface area (Å²) in [6, 6.07) is 0.585. The van der Waals surface area contributed by atoms with E-state index in [0.29, 0.717) is 10.8 Å². The lowest BCUT2D eigenvalue weighted by Gasteiger charge is -2.34. The summed E-state index contributed by atoms with van der Waals surface area (Å²) in [6.45, 7) is 9.04. The second kappa shape index (κ2) is 5.92. The minimum atomic E-state index is 0.211. The average Bonchev–Trinajstić information content (AvgIpc) is 2.27. The smallest absolute Gasteiger partial charge is 0.219 e. The van der Waals surface area contributed by atoms with Crippen LogP contribution < -0.4 is 5.32 Å². The van der Waals surface area contributed by atoms with E-state index in [2.05, 4.69) is 25.4 Å². The van der Waals surface area contributed by atoms with Crippen LogP contribution in [0.15, 0.2) is 0 Å². The summed E-state index contributed by atoms with van der Waals surface area (Å²) in [5.74, 6) is 0.211. The predicted octanol–water partition coefficient (Wildman–Crippen LogP) is 1.73. The van der Waals surface area contributed by atoms with E-state index in [1.165, 1.54) is 0 Å². The fourth-order valence-corrected chi connectivity index (χ4v) is 2.09. The Labute approximate surface area is 103 Å². The molecule has 0 radical (unpaired) electrons. The number of rotatable bonds is 4. The molecule has 1 aliphatic rings. The second-order valence-corrected chi connectivity index (χ2v) is 6.64. The molecule has 0 atom stereocenters. The van der Waals surface area contributed by atoms with E-state index in [1.54, 1.807) is 6.92 Å². The van der Waals surface area contributed by atoms with Crippen LogP contribution in [0, 0.1) is 0 Å². The Morgan fingerprint density at radius 3 is 2.44 bits per heavy atom. The van der Waals surface area contributed by atoms with Crippen molar-refractivity contribution in [3.05, 3.63) is 0 Å². The summed E-state index contributed by atoms with van der Waals surface area (Å²) in [4.78, 5) is 13.1. The number of amides is 1. The lowest BCUT2D eigenvalue weighted by molar-refractivity contribution is -0.129. The molecule has 1 N–H and O–H groups in total. The molecule has 0 aromatic carbocycles. The third-order valence-corrected chi connectivity index (χ3v) is 4.56. The van der Waals surface area contributed by atoms with Gasteiger partial charge in [0.2, 0.25) is 5.91 Å². The Kier molecular flexibility index (Phi) is 5.12. The molecule has 1 aliphatic heterocycles. The van der Waals surface area contributed by atoms with Crippen LogP contribution in [0.25, 0.3) is 0 Å². The predicted molar refractivity (Wildman–Crippen MR) is 70.9 cm³/mol. The molecule has 3 nitrogen and oxygen atoms in total. The SMILES string of the molecule is CSC(C)(C)CNC1CCN(C(C)=O)CC1. The minimum absolute atomic E-state index is 0.211. The lowest BCUT2D eigenvalue weighted by Crippen LogP contribution is -2.47. The maximum atomic E-state index is 11.2. The number of hydrogen-bond acceptors (Lipinski definition) is 3. The third kappa shape index (κ3) is 4.34. The first-order chi connectivity index (χ1) is 7.44. The van der Waals surface area contributed by atoms with Crippen molar-refractivity contribution >= 4 is 17.7 Å². The molecule has 0 unspecified atom stereocenters. The summed E-state index contributed by atoms with van der Waals surface area (Å²) in [7, 11) is 0. The highest BCUT2D eigenvalue weighted by molar-refractivity contribution is 7.99. The number of carbonyl (C=O) groups is 1. The number of likely N-dealkylation sites (tertiary alicyclic amines) is 1. The molecule has 0 aromatic rings. The summed E-state index contributed by atoms with van der Waals surface area (Å²) < 4.78 is 0.303. The van der Waals surface area contributed by atoms with Gasteiger partial charge >= 0.3 is 0 Å².